The number of aliphatic hydroxyl groups is 1. The second-order valence-corrected chi connectivity index (χ2v) is 4.81. The molecule has 0 spiro atoms. The van der Waals surface area contributed by atoms with Gasteiger partial charge in [0, 0.05) is 16.7 Å². The highest BCUT2D eigenvalue weighted by Crippen LogP contribution is 2.22. The summed E-state index contributed by atoms with van der Waals surface area (Å²) in [5.74, 6) is -0.809. The lowest BCUT2D eigenvalue weighted by atomic mass is 10.3. The first kappa shape index (κ1) is 13.6. The highest BCUT2D eigenvalue weighted by Gasteiger charge is 2.30. The van der Waals surface area contributed by atoms with Crippen molar-refractivity contribution in [3.63, 3.8) is 0 Å². The third-order valence-corrected chi connectivity index (χ3v) is 3.41. The summed E-state index contributed by atoms with van der Waals surface area (Å²) in [5, 5.41) is 11.8. The van der Waals surface area contributed by atoms with Crippen LogP contribution in [0.5, 0.6) is 0 Å². The number of amides is 2. The molecule has 0 bridgehead atoms. The summed E-state index contributed by atoms with van der Waals surface area (Å²) < 4.78 is 0. The zero-order chi connectivity index (χ0) is 13.8. The maximum Gasteiger partial charge on any atom is 0.277 e. The summed E-state index contributed by atoms with van der Waals surface area (Å²) in [4.78, 5) is 25.6. The van der Waals surface area contributed by atoms with Gasteiger partial charge in [0.25, 0.3) is 11.8 Å². The van der Waals surface area contributed by atoms with E-state index in [2.05, 4.69) is 5.32 Å². The zero-order valence-corrected chi connectivity index (χ0v) is 11.2. The molecule has 0 saturated carbocycles. The molecule has 0 saturated heterocycles. The van der Waals surface area contributed by atoms with Gasteiger partial charge in [0.1, 0.15) is 5.70 Å². The highest BCUT2D eigenvalue weighted by molar-refractivity contribution is 7.98. The monoisotopic (exact) mass is 278 g/mol. The lowest BCUT2D eigenvalue weighted by Crippen LogP contribution is -2.34. The molecular formula is C13H14N2O3S. The summed E-state index contributed by atoms with van der Waals surface area (Å²) in [5.41, 5.74) is 0.988. The largest absolute Gasteiger partial charge is 0.395 e. The first-order chi connectivity index (χ1) is 9.15. The lowest BCUT2D eigenvalue weighted by molar-refractivity contribution is -0.137. The Labute approximate surface area is 115 Å². The van der Waals surface area contributed by atoms with E-state index in [-0.39, 0.29) is 18.8 Å². The van der Waals surface area contributed by atoms with E-state index in [1.54, 1.807) is 11.8 Å². The Balaban J connectivity index is 2.13. The second-order valence-electron chi connectivity index (χ2n) is 3.93. The minimum absolute atomic E-state index is 0.0181. The second kappa shape index (κ2) is 5.90. The van der Waals surface area contributed by atoms with Gasteiger partial charge in [-0.15, -0.1) is 11.8 Å². The van der Waals surface area contributed by atoms with E-state index in [1.807, 2.05) is 30.5 Å². The average Bonchev–Trinajstić information content (AvgIpc) is 2.67. The highest BCUT2D eigenvalue weighted by atomic mass is 32.2. The Hall–Kier alpha value is -1.79. The number of thioether (sulfide) groups is 1. The van der Waals surface area contributed by atoms with E-state index in [9.17, 15) is 9.59 Å². The Bertz CT molecular complexity index is 542. The number of carbonyl (C=O) groups is 2. The molecule has 0 aromatic heterocycles. The van der Waals surface area contributed by atoms with Crippen molar-refractivity contribution in [3.05, 3.63) is 36.0 Å². The van der Waals surface area contributed by atoms with Gasteiger partial charge in [-0.3, -0.25) is 14.5 Å². The molecular weight excluding hydrogens is 264 g/mol. The molecule has 5 nitrogen and oxygen atoms in total. The summed E-state index contributed by atoms with van der Waals surface area (Å²) in [6.45, 7) is -0.218. The maximum atomic E-state index is 11.9. The fourth-order valence-electron chi connectivity index (χ4n) is 1.77. The summed E-state index contributed by atoms with van der Waals surface area (Å²) >= 11 is 1.60. The molecule has 1 aromatic rings. The molecule has 0 aliphatic carbocycles. The number of anilines is 1. The number of rotatable bonds is 5. The van der Waals surface area contributed by atoms with Gasteiger partial charge in [0.2, 0.25) is 0 Å². The minimum Gasteiger partial charge on any atom is -0.395 e. The van der Waals surface area contributed by atoms with Crippen molar-refractivity contribution < 1.29 is 14.7 Å². The van der Waals surface area contributed by atoms with Crippen molar-refractivity contribution >= 4 is 29.3 Å². The SMILES string of the molecule is CSc1cccc(NC2=CC(=O)N(CCO)C2=O)c1. The summed E-state index contributed by atoms with van der Waals surface area (Å²) in [6.07, 6.45) is 3.22. The first-order valence-electron chi connectivity index (χ1n) is 5.75. The van der Waals surface area contributed by atoms with E-state index >= 15 is 0 Å². The molecule has 0 radical (unpaired) electrons. The Morgan fingerprint density at radius 2 is 2.16 bits per heavy atom. The van der Waals surface area contributed by atoms with Crippen LogP contribution in [0.15, 0.2) is 40.9 Å². The molecule has 2 rings (SSSR count). The Morgan fingerprint density at radius 3 is 2.84 bits per heavy atom. The van der Waals surface area contributed by atoms with E-state index in [0.29, 0.717) is 0 Å². The van der Waals surface area contributed by atoms with Gasteiger partial charge < -0.3 is 10.4 Å². The zero-order valence-electron chi connectivity index (χ0n) is 10.4. The number of benzene rings is 1. The van der Waals surface area contributed by atoms with Gasteiger partial charge in [-0.1, -0.05) is 6.07 Å². The Morgan fingerprint density at radius 1 is 1.37 bits per heavy atom. The van der Waals surface area contributed by atoms with Gasteiger partial charge >= 0.3 is 0 Å². The van der Waals surface area contributed by atoms with Crippen LogP contribution in [0, 0.1) is 0 Å². The van der Waals surface area contributed by atoms with Crippen molar-refractivity contribution in [1.82, 2.24) is 4.90 Å². The van der Waals surface area contributed by atoms with Crippen LogP contribution in [0.3, 0.4) is 0 Å². The standard InChI is InChI=1S/C13H14N2O3S/c1-19-10-4-2-3-9(7-10)14-11-8-12(17)15(5-6-16)13(11)18/h2-4,7-8,14,16H,5-6H2,1H3. The number of nitrogens with zero attached hydrogens (tertiary/aromatic N) is 1. The van der Waals surface area contributed by atoms with E-state index < -0.39 is 11.8 Å². The molecule has 1 aliphatic rings. The molecule has 2 amide bonds. The number of nitrogens with one attached hydrogen (secondary N) is 1. The van der Waals surface area contributed by atoms with E-state index in [0.717, 1.165) is 15.5 Å². The summed E-state index contributed by atoms with van der Waals surface area (Å²) in [7, 11) is 0. The molecule has 6 heteroatoms. The first-order valence-corrected chi connectivity index (χ1v) is 6.97. The molecule has 1 heterocycles. The third kappa shape index (κ3) is 2.97. The lowest BCUT2D eigenvalue weighted by Gasteiger charge is -2.13. The normalized spacial score (nSPS) is 14.8. The fourth-order valence-corrected chi connectivity index (χ4v) is 2.23. The smallest absolute Gasteiger partial charge is 0.277 e. The van der Waals surface area contributed by atoms with Gasteiger partial charge in [-0.2, -0.15) is 0 Å². The molecule has 0 unspecified atom stereocenters. The number of aliphatic hydroxyl groups excluding tert-OH is 1. The molecule has 1 aromatic carbocycles. The molecule has 0 fully saturated rings. The van der Waals surface area contributed by atoms with Crippen LogP contribution in [0.25, 0.3) is 0 Å². The number of imide groups is 1. The molecule has 0 atom stereocenters. The number of β-amino-alcohol motifs (C(OH)–C–C–N with tert-alkyl or cyclic N) is 1. The van der Waals surface area contributed by atoms with Crippen LogP contribution in [0.1, 0.15) is 0 Å². The minimum atomic E-state index is -0.409. The predicted molar refractivity (Wildman–Crippen MR) is 73.7 cm³/mol. The van der Waals surface area contributed by atoms with Gasteiger partial charge in [-0.05, 0) is 24.5 Å². The van der Waals surface area contributed by atoms with Gasteiger partial charge in [0.05, 0.1) is 13.2 Å². The summed E-state index contributed by atoms with van der Waals surface area (Å²) in [6, 6.07) is 7.57. The van der Waals surface area contributed by atoms with E-state index in [4.69, 9.17) is 5.11 Å². The maximum absolute atomic E-state index is 11.9. The van der Waals surface area contributed by atoms with Crippen LogP contribution in [0.2, 0.25) is 0 Å². The average molecular weight is 278 g/mol. The van der Waals surface area contributed by atoms with Crippen molar-refractivity contribution in [2.45, 2.75) is 4.90 Å². The molecule has 100 valence electrons. The van der Waals surface area contributed by atoms with Gasteiger partial charge in [-0.25, -0.2) is 0 Å². The fraction of sp³-hybridized carbons (Fsp3) is 0.231. The quantitative estimate of drug-likeness (QED) is 0.623. The predicted octanol–water partition coefficient (Wildman–Crippen LogP) is 1.07. The van der Waals surface area contributed by atoms with E-state index in [1.165, 1.54) is 6.08 Å². The van der Waals surface area contributed by atoms with Crippen LogP contribution in [0.4, 0.5) is 5.69 Å². The topological polar surface area (TPSA) is 69.6 Å². The van der Waals surface area contributed by atoms with Crippen LogP contribution >= 0.6 is 11.8 Å². The van der Waals surface area contributed by atoms with Crippen molar-refractivity contribution in [2.75, 3.05) is 24.7 Å². The van der Waals surface area contributed by atoms with Crippen LogP contribution in [-0.4, -0.2) is 41.2 Å². The van der Waals surface area contributed by atoms with Crippen LogP contribution in [-0.2, 0) is 9.59 Å². The third-order valence-electron chi connectivity index (χ3n) is 2.68. The Kier molecular flexibility index (Phi) is 4.24. The van der Waals surface area contributed by atoms with Crippen LogP contribution < -0.4 is 5.32 Å². The van der Waals surface area contributed by atoms with Crippen molar-refractivity contribution in [1.29, 1.82) is 0 Å². The number of carbonyl (C=O) groups excluding carboxylic acids is 2. The molecule has 2 N–H and O–H groups in total. The number of hydrogen-bond donors (Lipinski definition) is 2. The molecule has 19 heavy (non-hydrogen) atoms. The van der Waals surface area contributed by atoms with Gasteiger partial charge in [0.15, 0.2) is 0 Å². The van der Waals surface area contributed by atoms with Crippen molar-refractivity contribution in [2.24, 2.45) is 0 Å². The van der Waals surface area contributed by atoms with Crippen molar-refractivity contribution in [3.8, 4) is 0 Å². The number of hydrogen-bond acceptors (Lipinski definition) is 5. The molecule has 1 aliphatic heterocycles.